The second kappa shape index (κ2) is 6.09. The van der Waals surface area contributed by atoms with Gasteiger partial charge < -0.3 is 9.47 Å². The maximum Gasteiger partial charge on any atom is 0.198 e. The summed E-state index contributed by atoms with van der Waals surface area (Å²) in [6.07, 6.45) is 2.52. The molecule has 122 valence electrons. The van der Waals surface area contributed by atoms with Gasteiger partial charge in [0, 0.05) is 44.8 Å². The van der Waals surface area contributed by atoms with Crippen molar-refractivity contribution in [1.29, 1.82) is 0 Å². The van der Waals surface area contributed by atoms with Crippen molar-refractivity contribution in [2.75, 3.05) is 31.1 Å². The third kappa shape index (κ3) is 3.05. The summed E-state index contributed by atoms with van der Waals surface area (Å²) in [5.74, 6) is 1.80. The zero-order valence-electron chi connectivity index (χ0n) is 13.6. The van der Waals surface area contributed by atoms with Gasteiger partial charge in [-0.15, -0.1) is 0 Å². The van der Waals surface area contributed by atoms with E-state index in [0.717, 1.165) is 43.4 Å². The highest BCUT2D eigenvalue weighted by atomic mass is 32.1. The molecule has 2 aromatic rings. The average molecular weight is 329 g/mol. The van der Waals surface area contributed by atoms with Gasteiger partial charge in [0.05, 0.1) is 6.67 Å². The largest absolute Gasteiger partial charge is 0.369 e. The Morgan fingerprint density at radius 1 is 1.09 bits per heavy atom. The summed E-state index contributed by atoms with van der Waals surface area (Å²) < 4.78 is 4.94. The molecule has 1 saturated carbocycles. The van der Waals surface area contributed by atoms with E-state index in [4.69, 9.17) is 17.3 Å². The van der Waals surface area contributed by atoms with Crippen LogP contribution in [0.25, 0.3) is 0 Å². The molecule has 0 unspecified atom stereocenters. The van der Waals surface area contributed by atoms with E-state index in [1.54, 1.807) is 0 Å². The monoisotopic (exact) mass is 329 g/mol. The Morgan fingerprint density at radius 3 is 2.43 bits per heavy atom. The van der Waals surface area contributed by atoms with E-state index in [1.807, 2.05) is 11.7 Å². The topological polar surface area (TPSA) is 29.2 Å². The molecule has 0 N–H and O–H groups in total. The number of hydrogen-bond donors (Lipinski definition) is 0. The van der Waals surface area contributed by atoms with Crippen molar-refractivity contribution >= 4 is 17.9 Å². The van der Waals surface area contributed by atoms with Crippen molar-refractivity contribution in [3.63, 3.8) is 0 Å². The Balaban J connectivity index is 1.40. The summed E-state index contributed by atoms with van der Waals surface area (Å²) in [5.41, 5.74) is 1.32. The maximum atomic E-state index is 5.56. The third-order valence-corrected chi connectivity index (χ3v) is 5.33. The molecule has 2 heterocycles. The molecule has 4 rings (SSSR count). The zero-order valence-corrected chi connectivity index (χ0v) is 14.4. The standard InChI is InChI=1S/C17H23N5S/c1-19-16(14-7-8-14)18-22(17(19)23)13-20-9-11-21(12-10-20)15-5-3-2-4-6-15/h2-6,14H,7-13H2,1H3. The molecular formula is C17H23N5S. The first-order valence-electron chi connectivity index (χ1n) is 8.38. The van der Waals surface area contributed by atoms with Gasteiger partial charge in [-0.25, -0.2) is 4.68 Å². The van der Waals surface area contributed by atoms with E-state index in [2.05, 4.69) is 44.7 Å². The van der Waals surface area contributed by atoms with Crippen molar-refractivity contribution in [2.45, 2.75) is 25.4 Å². The summed E-state index contributed by atoms with van der Waals surface area (Å²) >= 11 is 5.56. The second-order valence-electron chi connectivity index (χ2n) is 6.56. The quantitative estimate of drug-likeness (QED) is 0.807. The van der Waals surface area contributed by atoms with E-state index in [0.29, 0.717) is 5.92 Å². The normalized spacial score (nSPS) is 19.3. The third-order valence-electron chi connectivity index (χ3n) is 4.84. The van der Waals surface area contributed by atoms with Gasteiger partial charge in [0.25, 0.3) is 0 Å². The molecule has 0 spiro atoms. The number of aromatic nitrogens is 3. The van der Waals surface area contributed by atoms with E-state index >= 15 is 0 Å². The first-order chi connectivity index (χ1) is 11.2. The van der Waals surface area contributed by atoms with Crippen LogP contribution in [0.2, 0.25) is 0 Å². The summed E-state index contributed by atoms with van der Waals surface area (Å²) in [4.78, 5) is 4.89. The van der Waals surface area contributed by atoms with Crippen molar-refractivity contribution < 1.29 is 0 Å². The Hall–Kier alpha value is -1.66. The van der Waals surface area contributed by atoms with Gasteiger partial charge in [-0.2, -0.15) is 5.10 Å². The minimum atomic E-state index is 0.637. The molecule has 6 heteroatoms. The number of rotatable bonds is 4. The first-order valence-corrected chi connectivity index (χ1v) is 8.79. The Bertz CT molecular complexity index is 723. The molecule has 1 aromatic carbocycles. The molecule has 1 saturated heterocycles. The lowest BCUT2D eigenvalue weighted by atomic mass is 10.2. The lowest BCUT2D eigenvalue weighted by Crippen LogP contribution is -2.47. The smallest absolute Gasteiger partial charge is 0.198 e. The minimum absolute atomic E-state index is 0.637. The van der Waals surface area contributed by atoms with Crippen LogP contribution in [-0.2, 0) is 13.7 Å². The van der Waals surface area contributed by atoms with Gasteiger partial charge in [0.15, 0.2) is 4.77 Å². The van der Waals surface area contributed by atoms with Crippen molar-refractivity contribution in [3.05, 3.63) is 40.9 Å². The predicted octanol–water partition coefficient (Wildman–Crippen LogP) is 2.61. The minimum Gasteiger partial charge on any atom is -0.369 e. The molecule has 1 aromatic heterocycles. The molecule has 0 atom stereocenters. The van der Waals surface area contributed by atoms with Crippen LogP contribution >= 0.6 is 12.2 Å². The Labute approximate surface area is 142 Å². The second-order valence-corrected chi connectivity index (χ2v) is 6.92. The summed E-state index contributed by atoms with van der Waals surface area (Å²) in [7, 11) is 2.05. The molecule has 23 heavy (non-hydrogen) atoms. The lowest BCUT2D eigenvalue weighted by Gasteiger charge is -2.35. The van der Waals surface area contributed by atoms with Crippen LogP contribution < -0.4 is 4.90 Å². The molecule has 2 fully saturated rings. The van der Waals surface area contributed by atoms with E-state index in [-0.39, 0.29) is 0 Å². The molecule has 2 aliphatic rings. The molecule has 0 amide bonds. The van der Waals surface area contributed by atoms with Gasteiger partial charge in [0.1, 0.15) is 5.82 Å². The highest BCUT2D eigenvalue weighted by Crippen LogP contribution is 2.38. The number of hydrogen-bond acceptors (Lipinski definition) is 4. The van der Waals surface area contributed by atoms with Gasteiger partial charge in [0.2, 0.25) is 0 Å². The van der Waals surface area contributed by atoms with Crippen LogP contribution in [-0.4, -0.2) is 45.4 Å². The molecule has 1 aliphatic carbocycles. The molecule has 1 aliphatic heterocycles. The van der Waals surface area contributed by atoms with Crippen LogP contribution in [0.15, 0.2) is 30.3 Å². The first kappa shape index (κ1) is 14.9. The maximum absolute atomic E-state index is 5.56. The summed E-state index contributed by atoms with van der Waals surface area (Å²) in [6.45, 7) is 5.01. The number of nitrogens with zero attached hydrogens (tertiary/aromatic N) is 5. The summed E-state index contributed by atoms with van der Waals surface area (Å²) in [6, 6.07) is 10.7. The van der Waals surface area contributed by atoms with Crippen LogP contribution in [0.5, 0.6) is 0 Å². The van der Waals surface area contributed by atoms with Crippen LogP contribution in [0.1, 0.15) is 24.6 Å². The van der Waals surface area contributed by atoms with Crippen molar-refractivity contribution in [3.8, 4) is 0 Å². The molecule has 0 radical (unpaired) electrons. The fourth-order valence-electron chi connectivity index (χ4n) is 3.27. The lowest BCUT2D eigenvalue weighted by molar-refractivity contribution is 0.194. The van der Waals surface area contributed by atoms with Gasteiger partial charge >= 0.3 is 0 Å². The number of piperazine rings is 1. The van der Waals surface area contributed by atoms with Gasteiger partial charge in [-0.05, 0) is 37.2 Å². The fourth-order valence-corrected chi connectivity index (χ4v) is 3.46. The van der Waals surface area contributed by atoms with E-state index < -0.39 is 0 Å². The van der Waals surface area contributed by atoms with Gasteiger partial charge in [-0.3, -0.25) is 4.90 Å². The molecule has 0 bridgehead atoms. The van der Waals surface area contributed by atoms with E-state index in [1.165, 1.54) is 18.5 Å². The Morgan fingerprint density at radius 2 is 1.78 bits per heavy atom. The van der Waals surface area contributed by atoms with Gasteiger partial charge in [-0.1, -0.05) is 18.2 Å². The number of anilines is 1. The number of benzene rings is 1. The van der Waals surface area contributed by atoms with Crippen molar-refractivity contribution in [1.82, 2.24) is 19.2 Å². The van der Waals surface area contributed by atoms with Crippen molar-refractivity contribution in [2.24, 2.45) is 7.05 Å². The highest BCUT2D eigenvalue weighted by molar-refractivity contribution is 7.71. The zero-order chi connectivity index (χ0) is 15.8. The van der Waals surface area contributed by atoms with E-state index in [9.17, 15) is 0 Å². The van der Waals surface area contributed by atoms with Crippen LogP contribution in [0, 0.1) is 4.77 Å². The average Bonchev–Trinajstić information content (AvgIpc) is 3.39. The highest BCUT2D eigenvalue weighted by Gasteiger charge is 2.29. The number of para-hydroxylation sites is 1. The summed E-state index contributed by atoms with van der Waals surface area (Å²) in [5, 5.41) is 4.76. The van der Waals surface area contributed by atoms with Crippen LogP contribution in [0.3, 0.4) is 0 Å². The SMILES string of the molecule is Cn1c(C2CC2)nn(CN2CCN(c3ccccc3)CC2)c1=S. The molecule has 5 nitrogen and oxygen atoms in total. The molecular weight excluding hydrogens is 306 g/mol. The fraction of sp³-hybridized carbons (Fsp3) is 0.529. The Kier molecular flexibility index (Phi) is 3.95. The van der Waals surface area contributed by atoms with Crippen LogP contribution in [0.4, 0.5) is 5.69 Å². The predicted molar refractivity (Wildman–Crippen MR) is 94.2 cm³/mol.